The van der Waals surface area contributed by atoms with E-state index in [4.69, 9.17) is 4.74 Å². The van der Waals surface area contributed by atoms with E-state index in [1.54, 1.807) is 0 Å². The second-order valence-electron chi connectivity index (χ2n) is 5.64. The lowest BCUT2D eigenvalue weighted by Crippen LogP contribution is -2.50. The van der Waals surface area contributed by atoms with Crippen LogP contribution in [0.4, 0.5) is 0 Å². The quantitative estimate of drug-likeness (QED) is 0.370. The number of ether oxygens (including phenoxy) is 1. The molecule has 1 saturated heterocycles. The van der Waals surface area contributed by atoms with Crippen LogP contribution < -0.4 is 0 Å². The zero-order valence-corrected chi connectivity index (χ0v) is 12.7. The Labute approximate surface area is 121 Å². The highest BCUT2D eigenvalue weighted by Crippen LogP contribution is 2.33. The molecule has 1 heterocycles. The number of Topliss-reactive ketones (excluding diaryl/α,β-unsaturated/α-hetero) is 2. The van der Waals surface area contributed by atoms with Crippen molar-refractivity contribution in [2.75, 3.05) is 6.61 Å². The fraction of sp³-hybridized carbons (Fsp3) is 0.812. The van der Waals surface area contributed by atoms with E-state index >= 15 is 0 Å². The predicted molar refractivity (Wildman–Crippen MR) is 76.3 cm³/mol. The summed E-state index contributed by atoms with van der Waals surface area (Å²) in [5.41, 5.74) is -1.50. The molecule has 1 rings (SSSR count). The largest absolute Gasteiger partial charge is 0.464 e. The van der Waals surface area contributed by atoms with Crippen molar-refractivity contribution in [3.63, 3.8) is 0 Å². The first-order chi connectivity index (χ1) is 9.55. The molecule has 0 amide bonds. The molecular weight excluding hydrogens is 256 g/mol. The zero-order valence-electron chi connectivity index (χ0n) is 12.7. The van der Waals surface area contributed by atoms with Crippen LogP contribution in [0.3, 0.4) is 0 Å². The molecule has 1 aliphatic rings. The van der Waals surface area contributed by atoms with Crippen LogP contribution in [0, 0.1) is 5.41 Å². The highest BCUT2D eigenvalue weighted by molar-refractivity contribution is 6.22. The van der Waals surface area contributed by atoms with Crippen molar-refractivity contribution < 1.29 is 19.1 Å². The molecule has 1 aliphatic heterocycles. The Morgan fingerprint density at radius 2 is 1.70 bits per heavy atom. The van der Waals surface area contributed by atoms with Crippen molar-refractivity contribution in [3.05, 3.63) is 0 Å². The Balaban J connectivity index is 2.45. The van der Waals surface area contributed by atoms with Crippen LogP contribution >= 0.6 is 0 Å². The number of unbranched alkanes of at least 4 members (excludes halogenated alkanes) is 6. The van der Waals surface area contributed by atoms with E-state index in [0.29, 0.717) is 6.42 Å². The highest BCUT2D eigenvalue weighted by atomic mass is 16.5. The van der Waals surface area contributed by atoms with Gasteiger partial charge in [-0.05, 0) is 13.3 Å². The maximum Gasteiger partial charge on any atom is 0.327 e. The van der Waals surface area contributed by atoms with Gasteiger partial charge in [0.05, 0.1) is 6.61 Å². The van der Waals surface area contributed by atoms with Gasteiger partial charge >= 0.3 is 5.97 Å². The standard InChI is InChI=1S/C16H26O4/c1-3-4-5-6-7-8-9-11-16(13(2)17)14(18)10-12-20-15(16)19/h3-12H2,1-2H3. The van der Waals surface area contributed by atoms with Gasteiger partial charge in [0.15, 0.2) is 17.0 Å². The van der Waals surface area contributed by atoms with Crippen molar-refractivity contribution in [1.29, 1.82) is 0 Å². The van der Waals surface area contributed by atoms with Crippen molar-refractivity contribution in [2.45, 2.75) is 71.6 Å². The summed E-state index contributed by atoms with van der Waals surface area (Å²) in [6, 6.07) is 0. The SMILES string of the molecule is CCCCCCCCCC1(C(C)=O)C(=O)CCOC1=O. The van der Waals surface area contributed by atoms with Crippen LogP contribution in [-0.4, -0.2) is 24.1 Å². The summed E-state index contributed by atoms with van der Waals surface area (Å²) in [6.07, 6.45) is 8.14. The van der Waals surface area contributed by atoms with Crippen molar-refractivity contribution in [2.24, 2.45) is 5.41 Å². The average molecular weight is 282 g/mol. The Hall–Kier alpha value is -1.19. The summed E-state index contributed by atoms with van der Waals surface area (Å²) in [7, 11) is 0. The lowest BCUT2D eigenvalue weighted by atomic mass is 9.73. The smallest absolute Gasteiger partial charge is 0.327 e. The molecule has 20 heavy (non-hydrogen) atoms. The fourth-order valence-electron chi connectivity index (χ4n) is 2.79. The Bertz CT molecular complexity index is 343. The van der Waals surface area contributed by atoms with Crippen LogP contribution in [0.15, 0.2) is 0 Å². The molecule has 0 saturated carbocycles. The van der Waals surface area contributed by atoms with E-state index in [9.17, 15) is 14.4 Å². The lowest BCUT2D eigenvalue weighted by Gasteiger charge is -2.31. The molecule has 4 nitrogen and oxygen atoms in total. The summed E-state index contributed by atoms with van der Waals surface area (Å²) in [5, 5.41) is 0. The van der Waals surface area contributed by atoms with Crippen LogP contribution in [-0.2, 0) is 19.1 Å². The van der Waals surface area contributed by atoms with E-state index in [1.165, 1.54) is 32.6 Å². The molecule has 0 aliphatic carbocycles. The normalized spacial score (nSPS) is 22.7. The molecule has 114 valence electrons. The average Bonchev–Trinajstić information content (AvgIpc) is 2.40. The molecule has 0 aromatic carbocycles. The minimum absolute atomic E-state index is 0.115. The number of carbonyl (C=O) groups excluding carboxylic acids is 3. The maximum atomic E-state index is 12.1. The van der Waals surface area contributed by atoms with Crippen molar-refractivity contribution in [3.8, 4) is 0 Å². The molecule has 0 N–H and O–H groups in total. The van der Waals surface area contributed by atoms with Gasteiger partial charge < -0.3 is 4.74 Å². The minimum Gasteiger partial charge on any atom is -0.464 e. The zero-order chi connectivity index (χ0) is 15.0. The summed E-state index contributed by atoms with van der Waals surface area (Å²) in [4.78, 5) is 35.8. The third kappa shape index (κ3) is 3.90. The van der Waals surface area contributed by atoms with Gasteiger partial charge in [-0.15, -0.1) is 0 Å². The molecule has 1 atom stereocenters. The maximum absolute atomic E-state index is 12.1. The van der Waals surface area contributed by atoms with Gasteiger partial charge in [-0.25, -0.2) is 0 Å². The second kappa shape index (κ2) is 8.18. The molecule has 1 fully saturated rings. The molecule has 1 unspecified atom stereocenters. The number of cyclic esters (lactones) is 1. The molecule has 0 bridgehead atoms. The van der Waals surface area contributed by atoms with Crippen LogP contribution in [0.25, 0.3) is 0 Å². The summed E-state index contributed by atoms with van der Waals surface area (Å²) < 4.78 is 4.96. The van der Waals surface area contributed by atoms with Gasteiger partial charge in [-0.2, -0.15) is 0 Å². The number of hydrogen-bond acceptors (Lipinski definition) is 4. The van der Waals surface area contributed by atoms with Crippen LogP contribution in [0.2, 0.25) is 0 Å². The first kappa shape index (κ1) is 16.9. The molecular formula is C16H26O4. The van der Waals surface area contributed by atoms with Crippen molar-refractivity contribution in [1.82, 2.24) is 0 Å². The van der Waals surface area contributed by atoms with Crippen LogP contribution in [0.5, 0.6) is 0 Å². The Morgan fingerprint density at radius 1 is 1.10 bits per heavy atom. The number of ketones is 2. The number of rotatable bonds is 9. The molecule has 0 aromatic rings. The van der Waals surface area contributed by atoms with E-state index < -0.39 is 11.4 Å². The Kier molecular flexibility index (Phi) is 6.89. The molecule has 4 heteroatoms. The van der Waals surface area contributed by atoms with Crippen molar-refractivity contribution >= 4 is 17.5 Å². The number of carbonyl (C=O) groups is 3. The Morgan fingerprint density at radius 3 is 2.25 bits per heavy atom. The topological polar surface area (TPSA) is 60.4 Å². The number of hydrogen-bond donors (Lipinski definition) is 0. The van der Waals surface area contributed by atoms with Crippen LogP contribution in [0.1, 0.15) is 71.6 Å². The van der Waals surface area contributed by atoms with Gasteiger partial charge in [0.25, 0.3) is 0 Å². The lowest BCUT2D eigenvalue weighted by molar-refractivity contribution is -0.170. The highest BCUT2D eigenvalue weighted by Gasteiger charge is 2.52. The minimum atomic E-state index is -1.50. The second-order valence-corrected chi connectivity index (χ2v) is 5.64. The summed E-state index contributed by atoms with van der Waals surface area (Å²) in [5.74, 6) is -1.25. The van der Waals surface area contributed by atoms with Gasteiger partial charge in [0.2, 0.25) is 0 Å². The van der Waals surface area contributed by atoms with E-state index in [1.807, 2.05) is 0 Å². The fourth-order valence-corrected chi connectivity index (χ4v) is 2.79. The van der Waals surface area contributed by atoms with Gasteiger partial charge in [0, 0.05) is 6.42 Å². The third-order valence-electron chi connectivity index (χ3n) is 4.14. The molecule has 0 spiro atoms. The summed E-state index contributed by atoms with van der Waals surface area (Å²) in [6.45, 7) is 3.62. The summed E-state index contributed by atoms with van der Waals surface area (Å²) >= 11 is 0. The van der Waals surface area contributed by atoms with Gasteiger partial charge in [0.1, 0.15) is 0 Å². The molecule has 0 radical (unpaired) electrons. The molecule has 0 aromatic heterocycles. The first-order valence-corrected chi connectivity index (χ1v) is 7.77. The van der Waals surface area contributed by atoms with E-state index in [2.05, 4.69) is 6.92 Å². The third-order valence-corrected chi connectivity index (χ3v) is 4.14. The van der Waals surface area contributed by atoms with E-state index in [-0.39, 0.29) is 24.6 Å². The van der Waals surface area contributed by atoms with E-state index in [0.717, 1.165) is 19.3 Å². The van der Waals surface area contributed by atoms with Gasteiger partial charge in [-0.3, -0.25) is 14.4 Å². The predicted octanol–water partition coefficient (Wildman–Crippen LogP) is 3.22. The number of esters is 1. The first-order valence-electron chi connectivity index (χ1n) is 7.77. The monoisotopic (exact) mass is 282 g/mol. The van der Waals surface area contributed by atoms with Gasteiger partial charge in [-0.1, -0.05) is 51.9 Å².